The molecule has 0 unspecified atom stereocenters. The molecule has 0 N–H and O–H groups in total. The molecule has 6 heteroatoms. The Morgan fingerprint density at radius 1 is 1.57 bits per heavy atom. The van der Waals surface area contributed by atoms with Gasteiger partial charge in [0.05, 0.1) is 18.8 Å². The second kappa shape index (κ2) is 5.26. The first-order valence-electron chi connectivity index (χ1n) is 7.12. The van der Waals surface area contributed by atoms with E-state index in [2.05, 4.69) is 11.9 Å². The van der Waals surface area contributed by atoms with Gasteiger partial charge >= 0.3 is 5.97 Å². The Kier molecular flexibility index (Phi) is 3.57. The van der Waals surface area contributed by atoms with E-state index in [0.29, 0.717) is 11.3 Å². The van der Waals surface area contributed by atoms with Crippen LogP contribution in [0, 0.1) is 5.92 Å². The van der Waals surface area contributed by atoms with E-state index in [1.807, 2.05) is 0 Å². The second-order valence-corrected chi connectivity index (χ2v) is 6.77. The van der Waals surface area contributed by atoms with Crippen molar-refractivity contribution in [3.05, 3.63) is 27.1 Å². The van der Waals surface area contributed by atoms with Gasteiger partial charge in [0.1, 0.15) is 10.9 Å². The molecular formula is C15H18N2O3S. The summed E-state index contributed by atoms with van der Waals surface area (Å²) in [5, 5.41) is 0.695. The van der Waals surface area contributed by atoms with Crippen LogP contribution in [0.15, 0.2) is 11.1 Å². The largest absolute Gasteiger partial charge is 0.467 e. The molecule has 112 valence electrons. The topological polar surface area (TPSA) is 61.2 Å². The van der Waals surface area contributed by atoms with E-state index in [4.69, 9.17) is 4.74 Å². The zero-order chi connectivity index (χ0) is 15.1. The lowest BCUT2D eigenvalue weighted by Crippen LogP contribution is -2.29. The van der Waals surface area contributed by atoms with E-state index in [0.717, 1.165) is 29.7 Å². The van der Waals surface area contributed by atoms with Crippen molar-refractivity contribution < 1.29 is 9.53 Å². The first-order chi connectivity index (χ1) is 10.0. The van der Waals surface area contributed by atoms with Gasteiger partial charge in [0.2, 0.25) is 0 Å². The fourth-order valence-electron chi connectivity index (χ4n) is 2.90. The number of methoxy groups -OCH3 is 1. The first kappa shape index (κ1) is 14.3. The number of thiophene rings is 1. The van der Waals surface area contributed by atoms with Gasteiger partial charge in [-0.1, -0.05) is 6.92 Å². The molecule has 2 heterocycles. The summed E-state index contributed by atoms with van der Waals surface area (Å²) in [6.07, 6.45) is 4.49. The van der Waals surface area contributed by atoms with Gasteiger partial charge in [0, 0.05) is 4.88 Å². The van der Waals surface area contributed by atoms with Gasteiger partial charge in [-0.05, 0) is 37.7 Å². The Morgan fingerprint density at radius 2 is 2.33 bits per heavy atom. The number of hydrogen-bond acceptors (Lipinski definition) is 5. The summed E-state index contributed by atoms with van der Waals surface area (Å²) in [5.41, 5.74) is 1.00. The molecule has 2 aromatic rings. The summed E-state index contributed by atoms with van der Waals surface area (Å²) >= 11 is 1.61. The number of ether oxygens (including phenoxy) is 1. The zero-order valence-corrected chi connectivity index (χ0v) is 13.2. The van der Waals surface area contributed by atoms with Gasteiger partial charge in [-0.3, -0.25) is 9.36 Å². The Hall–Kier alpha value is -1.69. The van der Waals surface area contributed by atoms with Gasteiger partial charge in [0.25, 0.3) is 5.56 Å². The molecule has 0 fully saturated rings. The highest BCUT2D eigenvalue weighted by Crippen LogP contribution is 2.35. The van der Waals surface area contributed by atoms with Crippen LogP contribution in [-0.4, -0.2) is 22.6 Å². The van der Waals surface area contributed by atoms with Crippen molar-refractivity contribution in [2.75, 3.05) is 7.11 Å². The molecule has 0 radical (unpaired) electrons. The first-order valence-corrected chi connectivity index (χ1v) is 7.93. The summed E-state index contributed by atoms with van der Waals surface area (Å²) in [5.74, 6) is 0.220. The number of nitrogens with zero attached hydrogens (tertiary/aromatic N) is 2. The monoisotopic (exact) mass is 306 g/mol. The SMILES string of the molecule is COC(=O)[C@@H](C)n1cnc2sc3c(c2c1=O)CC[C@@H](C)C3. The molecule has 0 saturated carbocycles. The molecular weight excluding hydrogens is 288 g/mol. The van der Waals surface area contributed by atoms with Gasteiger partial charge < -0.3 is 4.74 Å². The van der Waals surface area contributed by atoms with Crippen molar-refractivity contribution in [2.45, 2.75) is 39.2 Å². The molecule has 0 spiro atoms. The van der Waals surface area contributed by atoms with Gasteiger partial charge in [-0.2, -0.15) is 0 Å². The number of rotatable bonds is 2. The molecule has 5 nitrogen and oxygen atoms in total. The molecule has 1 aliphatic carbocycles. The number of carbonyl (C=O) groups is 1. The maximum Gasteiger partial charge on any atom is 0.328 e. The van der Waals surface area contributed by atoms with E-state index in [9.17, 15) is 9.59 Å². The van der Waals surface area contributed by atoms with Crippen molar-refractivity contribution >= 4 is 27.5 Å². The summed E-state index contributed by atoms with van der Waals surface area (Å²) in [7, 11) is 1.32. The highest BCUT2D eigenvalue weighted by Gasteiger charge is 2.25. The molecule has 21 heavy (non-hydrogen) atoms. The maximum absolute atomic E-state index is 12.7. The lowest BCUT2D eigenvalue weighted by atomic mass is 9.89. The Labute approximate surface area is 126 Å². The number of aromatic nitrogens is 2. The fraction of sp³-hybridized carbons (Fsp3) is 0.533. The number of esters is 1. The fourth-order valence-corrected chi connectivity index (χ4v) is 4.25. The molecule has 1 aliphatic rings. The standard InChI is InChI=1S/C15H18N2O3S/c1-8-4-5-10-11(6-8)21-13-12(10)14(18)17(7-16-13)9(2)15(19)20-3/h7-9H,4-6H2,1-3H3/t8-,9-/m1/s1. The summed E-state index contributed by atoms with van der Waals surface area (Å²) in [6, 6.07) is -0.655. The zero-order valence-electron chi connectivity index (χ0n) is 12.4. The Balaban J connectivity index is 2.17. The number of hydrogen-bond donors (Lipinski definition) is 0. The summed E-state index contributed by atoms with van der Waals surface area (Å²) < 4.78 is 6.09. The number of aryl methyl sites for hydroxylation is 1. The quantitative estimate of drug-likeness (QED) is 0.799. The average Bonchev–Trinajstić information content (AvgIpc) is 2.84. The normalized spacial score (nSPS) is 19.3. The van der Waals surface area contributed by atoms with Crippen molar-refractivity contribution in [2.24, 2.45) is 5.92 Å². The third-order valence-corrected chi connectivity index (χ3v) is 5.36. The van der Waals surface area contributed by atoms with E-state index >= 15 is 0 Å². The molecule has 3 rings (SSSR count). The molecule has 0 aromatic carbocycles. The van der Waals surface area contributed by atoms with Crippen LogP contribution in [0.2, 0.25) is 0 Å². The summed E-state index contributed by atoms with van der Waals surface area (Å²) in [4.78, 5) is 30.8. The third kappa shape index (κ3) is 2.27. The highest BCUT2D eigenvalue weighted by atomic mass is 32.1. The molecule has 0 bridgehead atoms. The van der Waals surface area contributed by atoms with E-state index in [-0.39, 0.29) is 5.56 Å². The minimum absolute atomic E-state index is 0.134. The van der Waals surface area contributed by atoms with Crippen molar-refractivity contribution in [1.29, 1.82) is 0 Å². The van der Waals surface area contributed by atoms with Crippen LogP contribution in [0.1, 0.15) is 36.8 Å². The van der Waals surface area contributed by atoms with Crippen molar-refractivity contribution in [1.82, 2.24) is 9.55 Å². The van der Waals surface area contributed by atoms with E-state index in [1.54, 1.807) is 18.3 Å². The number of carbonyl (C=O) groups excluding carboxylic acids is 1. The van der Waals surface area contributed by atoms with E-state index < -0.39 is 12.0 Å². The third-order valence-electron chi connectivity index (χ3n) is 4.20. The van der Waals surface area contributed by atoms with Gasteiger partial charge in [0.15, 0.2) is 0 Å². The molecule has 0 amide bonds. The molecule has 2 aromatic heterocycles. The predicted octanol–water partition coefficient (Wildman–Crippen LogP) is 2.32. The van der Waals surface area contributed by atoms with Crippen LogP contribution in [0.5, 0.6) is 0 Å². The van der Waals surface area contributed by atoms with Crippen LogP contribution in [0.4, 0.5) is 0 Å². The summed E-state index contributed by atoms with van der Waals surface area (Å²) in [6.45, 7) is 3.89. The lowest BCUT2D eigenvalue weighted by molar-refractivity contribution is -0.144. The van der Waals surface area contributed by atoms with Crippen LogP contribution in [0.25, 0.3) is 10.2 Å². The molecule has 0 saturated heterocycles. The lowest BCUT2D eigenvalue weighted by Gasteiger charge is -2.17. The second-order valence-electron chi connectivity index (χ2n) is 5.69. The minimum Gasteiger partial charge on any atom is -0.467 e. The van der Waals surface area contributed by atoms with Crippen molar-refractivity contribution in [3.8, 4) is 0 Å². The van der Waals surface area contributed by atoms with Gasteiger partial charge in [-0.15, -0.1) is 11.3 Å². The molecule has 2 atom stereocenters. The smallest absolute Gasteiger partial charge is 0.328 e. The van der Waals surface area contributed by atoms with Crippen LogP contribution in [-0.2, 0) is 22.4 Å². The maximum atomic E-state index is 12.7. The Morgan fingerprint density at radius 3 is 3.05 bits per heavy atom. The Bertz CT molecular complexity index is 762. The van der Waals surface area contributed by atoms with Crippen LogP contribution in [0.3, 0.4) is 0 Å². The average molecular weight is 306 g/mol. The van der Waals surface area contributed by atoms with E-state index in [1.165, 1.54) is 22.9 Å². The number of fused-ring (bicyclic) bond motifs is 3. The van der Waals surface area contributed by atoms with Gasteiger partial charge in [-0.25, -0.2) is 9.78 Å². The predicted molar refractivity (Wildman–Crippen MR) is 81.8 cm³/mol. The minimum atomic E-state index is -0.655. The highest BCUT2D eigenvalue weighted by molar-refractivity contribution is 7.18. The van der Waals surface area contributed by atoms with Crippen molar-refractivity contribution in [3.63, 3.8) is 0 Å². The van der Waals surface area contributed by atoms with Crippen LogP contribution >= 0.6 is 11.3 Å². The van der Waals surface area contributed by atoms with Crippen LogP contribution < -0.4 is 5.56 Å². The molecule has 0 aliphatic heterocycles.